The highest BCUT2D eigenvalue weighted by Crippen LogP contribution is 2.54. The Kier molecular flexibility index (Phi) is 3.88. The van der Waals surface area contributed by atoms with Crippen molar-refractivity contribution in [2.75, 3.05) is 6.61 Å². The highest BCUT2D eigenvalue weighted by Gasteiger charge is 2.60. The second kappa shape index (κ2) is 5.72. The van der Waals surface area contributed by atoms with Crippen LogP contribution >= 0.6 is 0 Å². The summed E-state index contributed by atoms with van der Waals surface area (Å²) in [5.41, 5.74) is 2.44. The van der Waals surface area contributed by atoms with Crippen LogP contribution in [0.1, 0.15) is 30.3 Å². The van der Waals surface area contributed by atoms with Gasteiger partial charge in [0.1, 0.15) is 5.69 Å². The van der Waals surface area contributed by atoms with Gasteiger partial charge in [0.15, 0.2) is 5.75 Å². The molecule has 1 saturated carbocycles. The molecule has 0 aliphatic heterocycles. The summed E-state index contributed by atoms with van der Waals surface area (Å²) in [5, 5.41) is 13.9. The first-order chi connectivity index (χ1) is 11.0. The summed E-state index contributed by atoms with van der Waals surface area (Å²) >= 11 is 0. The molecule has 2 atom stereocenters. The van der Waals surface area contributed by atoms with Gasteiger partial charge in [-0.1, -0.05) is 30.3 Å². The number of aryl methyl sites for hydroxylation is 2. The van der Waals surface area contributed by atoms with Crippen molar-refractivity contribution in [3.05, 3.63) is 47.3 Å². The maximum atomic E-state index is 11.5. The maximum Gasteiger partial charge on any atom is 0.307 e. The van der Waals surface area contributed by atoms with Gasteiger partial charge >= 0.3 is 5.97 Å². The lowest BCUT2D eigenvalue weighted by molar-refractivity contribution is -0.139. The molecule has 0 bridgehead atoms. The summed E-state index contributed by atoms with van der Waals surface area (Å²) in [4.78, 5) is 11.5. The number of carboxylic acids is 1. The Labute approximate surface area is 135 Å². The molecule has 0 saturated heterocycles. The Morgan fingerprint density at radius 1 is 1.39 bits per heavy atom. The van der Waals surface area contributed by atoms with Crippen LogP contribution in [-0.4, -0.2) is 27.5 Å². The third-order valence-corrected chi connectivity index (χ3v) is 4.81. The largest absolute Gasteiger partial charge is 0.489 e. The van der Waals surface area contributed by atoms with Gasteiger partial charge in [0.2, 0.25) is 0 Å². The van der Waals surface area contributed by atoms with Crippen molar-refractivity contribution in [3.63, 3.8) is 0 Å². The lowest BCUT2D eigenvalue weighted by atomic mass is 9.94. The quantitative estimate of drug-likeness (QED) is 0.890. The molecular formula is C18H22N2O3. The number of benzene rings is 1. The fourth-order valence-electron chi connectivity index (χ4n) is 3.36. The Hall–Kier alpha value is -2.30. The van der Waals surface area contributed by atoms with Crippen LogP contribution in [0.3, 0.4) is 0 Å². The molecule has 1 N–H and O–H groups in total. The minimum atomic E-state index is -0.754. The predicted molar refractivity (Wildman–Crippen MR) is 86.7 cm³/mol. The van der Waals surface area contributed by atoms with E-state index >= 15 is 0 Å². The van der Waals surface area contributed by atoms with E-state index in [-0.39, 0.29) is 5.92 Å². The molecule has 1 aromatic carbocycles. The highest BCUT2D eigenvalue weighted by atomic mass is 16.5. The van der Waals surface area contributed by atoms with Crippen LogP contribution in [0.25, 0.3) is 0 Å². The van der Waals surface area contributed by atoms with Crippen LogP contribution in [0.2, 0.25) is 0 Å². The third-order valence-electron chi connectivity index (χ3n) is 4.81. The zero-order chi connectivity index (χ0) is 16.6. The lowest BCUT2D eigenvalue weighted by Gasteiger charge is -2.18. The van der Waals surface area contributed by atoms with E-state index in [0.717, 1.165) is 29.2 Å². The van der Waals surface area contributed by atoms with Gasteiger partial charge in [0.05, 0.1) is 18.2 Å². The van der Waals surface area contributed by atoms with Crippen molar-refractivity contribution in [1.82, 2.24) is 9.78 Å². The molecule has 1 fully saturated rings. The standard InChI is InChI=1S/C18H22N2O3/c1-4-20-13(3)16(12(2)19-20)23-11-18(10-15(18)17(21)22)14-8-6-5-7-9-14/h5-9,15H,4,10-11H2,1-3H3,(H,21,22). The monoisotopic (exact) mass is 314 g/mol. The first kappa shape index (κ1) is 15.6. The third kappa shape index (κ3) is 2.60. The first-order valence-corrected chi connectivity index (χ1v) is 7.94. The second-order valence-corrected chi connectivity index (χ2v) is 6.22. The van der Waals surface area contributed by atoms with Crippen molar-refractivity contribution in [2.24, 2.45) is 5.92 Å². The number of carboxylic acid groups (broad SMARTS) is 1. The van der Waals surface area contributed by atoms with Crippen LogP contribution < -0.4 is 4.74 Å². The van der Waals surface area contributed by atoms with Gasteiger partial charge in [-0.3, -0.25) is 9.48 Å². The van der Waals surface area contributed by atoms with Crippen LogP contribution in [-0.2, 0) is 16.8 Å². The summed E-state index contributed by atoms with van der Waals surface area (Å²) in [5.74, 6) is -0.361. The molecule has 0 radical (unpaired) electrons. The number of nitrogens with zero attached hydrogens (tertiary/aromatic N) is 2. The van der Waals surface area contributed by atoms with E-state index in [4.69, 9.17) is 4.74 Å². The summed E-state index contributed by atoms with van der Waals surface area (Å²) in [6.07, 6.45) is 0.617. The molecule has 1 aliphatic rings. The van der Waals surface area contributed by atoms with Gasteiger partial charge in [0.25, 0.3) is 0 Å². The molecular weight excluding hydrogens is 292 g/mol. The van der Waals surface area contributed by atoms with Gasteiger partial charge in [-0.25, -0.2) is 0 Å². The number of ether oxygens (including phenoxy) is 1. The molecule has 122 valence electrons. The number of hydrogen-bond donors (Lipinski definition) is 1. The zero-order valence-electron chi connectivity index (χ0n) is 13.7. The van der Waals surface area contributed by atoms with E-state index in [1.54, 1.807) is 0 Å². The van der Waals surface area contributed by atoms with Gasteiger partial charge < -0.3 is 9.84 Å². The number of hydrogen-bond acceptors (Lipinski definition) is 3. The van der Waals surface area contributed by atoms with E-state index in [0.29, 0.717) is 13.0 Å². The summed E-state index contributed by atoms with van der Waals surface area (Å²) in [6.45, 7) is 7.10. The maximum absolute atomic E-state index is 11.5. The molecule has 5 heteroatoms. The topological polar surface area (TPSA) is 64.4 Å². The van der Waals surface area contributed by atoms with Crippen molar-refractivity contribution in [1.29, 1.82) is 0 Å². The van der Waals surface area contributed by atoms with E-state index in [2.05, 4.69) is 5.10 Å². The van der Waals surface area contributed by atoms with Gasteiger partial charge in [-0.2, -0.15) is 5.10 Å². The first-order valence-electron chi connectivity index (χ1n) is 7.94. The van der Waals surface area contributed by atoms with Crippen LogP contribution in [0.4, 0.5) is 0 Å². The highest BCUT2D eigenvalue weighted by molar-refractivity contribution is 5.77. The van der Waals surface area contributed by atoms with E-state index in [1.165, 1.54) is 0 Å². The average molecular weight is 314 g/mol. The predicted octanol–water partition coefficient (Wildman–Crippen LogP) is 2.94. The Morgan fingerprint density at radius 3 is 2.61 bits per heavy atom. The number of rotatable bonds is 6. The molecule has 0 amide bonds. The second-order valence-electron chi connectivity index (χ2n) is 6.22. The van der Waals surface area contributed by atoms with Crippen LogP contribution in [0.15, 0.2) is 30.3 Å². The SMILES string of the molecule is CCn1nc(C)c(OCC2(c3ccccc3)CC2C(=O)O)c1C. The van der Waals surface area contributed by atoms with E-state index < -0.39 is 11.4 Å². The van der Waals surface area contributed by atoms with Gasteiger partial charge in [-0.05, 0) is 32.8 Å². The molecule has 5 nitrogen and oxygen atoms in total. The summed E-state index contributed by atoms with van der Waals surface area (Å²) in [6, 6.07) is 9.80. The normalized spacial score (nSPS) is 22.8. The minimum Gasteiger partial charge on any atom is -0.489 e. The van der Waals surface area contributed by atoms with Crippen molar-refractivity contribution >= 4 is 5.97 Å². The van der Waals surface area contributed by atoms with Crippen molar-refractivity contribution < 1.29 is 14.6 Å². The Bertz CT molecular complexity index is 723. The Morgan fingerprint density at radius 2 is 2.09 bits per heavy atom. The van der Waals surface area contributed by atoms with Crippen LogP contribution in [0, 0.1) is 19.8 Å². The molecule has 2 unspecified atom stereocenters. The molecule has 23 heavy (non-hydrogen) atoms. The molecule has 2 aromatic rings. The summed E-state index contributed by atoms with van der Waals surface area (Å²) in [7, 11) is 0. The fraction of sp³-hybridized carbons (Fsp3) is 0.444. The number of carbonyl (C=O) groups is 1. The van der Waals surface area contributed by atoms with Crippen molar-refractivity contribution in [2.45, 2.75) is 39.2 Å². The average Bonchev–Trinajstić information content (AvgIpc) is 3.23. The molecule has 1 aliphatic carbocycles. The molecule has 1 heterocycles. The molecule has 3 rings (SSSR count). The smallest absolute Gasteiger partial charge is 0.307 e. The minimum absolute atomic E-state index is 0.366. The fourth-order valence-corrected chi connectivity index (χ4v) is 3.36. The van der Waals surface area contributed by atoms with E-state index in [1.807, 2.05) is 55.8 Å². The number of aliphatic carboxylic acids is 1. The zero-order valence-corrected chi connectivity index (χ0v) is 13.7. The molecule has 1 aromatic heterocycles. The lowest BCUT2D eigenvalue weighted by Crippen LogP contribution is -2.23. The Balaban J connectivity index is 1.85. The van der Waals surface area contributed by atoms with Crippen LogP contribution in [0.5, 0.6) is 5.75 Å². The van der Waals surface area contributed by atoms with E-state index in [9.17, 15) is 9.90 Å². The van der Waals surface area contributed by atoms with Gasteiger partial charge in [0, 0.05) is 12.0 Å². The van der Waals surface area contributed by atoms with Crippen molar-refractivity contribution in [3.8, 4) is 5.75 Å². The molecule has 0 spiro atoms. The number of aromatic nitrogens is 2. The summed E-state index contributed by atoms with van der Waals surface area (Å²) < 4.78 is 7.97. The van der Waals surface area contributed by atoms with Gasteiger partial charge in [-0.15, -0.1) is 0 Å².